The Morgan fingerprint density at radius 1 is 0.923 bits per heavy atom. The van der Waals surface area contributed by atoms with Crippen molar-refractivity contribution in [2.45, 2.75) is 71.4 Å². The van der Waals surface area contributed by atoms with Gasteiger partial charge in [-0.3, -0.25) is 0 Å². The number of hydrogen-bond donors (Lipinski definition) is 1. The smallest absolute Gasteiger partial charge is 0.0206 e. The van der Waals surface area contributed by atoms with Crippen LogP contribution in [0.1, 0.15) is 59.8 Å². The molecular formula is C12H25N. The van der Waals surface area contributed by atoms with Crippen LogP contribution in [-0.4, -0.2) is 11.6 Å². The maximum absolute atomic E-state index is 3.79. The summed E-state index contributed by atoms with van der Waals surface area (Å²) in [6, 6.07) is 0.625. The second kappa shape index (κ2) is 4.45. The van der Waals surface area contributed by atoms with Crippen LogP contribution in [0.4, 0.5) is 0 Å². The standard InChI is InChI=1S/C12H25N/c1-10(2)12(13-11(3)4)8-6-5-7-9-12/h10-11,13H,5-9H2,1-4H3. The Hall–Kier alpha value is -0.0400. The molecule has 0 atom stereocenters. The van der Waals surface area contributed by atoms with E-state index in [0.29, 0.717) is 11.6 Å². The van der Waals surface area contributed by atoms with E-state index in [2.05, 4.69) is 33.0 Å². The van der Waals surface area contributed by atoms with Crippen molar-refractivity contribution < 1.29 is 0 Å². The maximum Gasteiger partial charge on any atom is 0.0206 e. The van der Waals surface area contributed by atoms with Gasteiger partial charge in [-0.2, -0.15) is 0 Å². The molecule has 13 heavy (non-hydrogen) atoms. The molecule has 0 saturated heterocycles. The van der Waals surface area contributed by atoms with Gasteiger partial charge in [-0.05, 0) is 18.8 Å². The van der Waals surface area contributed by atoms with Crippen molar-refractivity contribution >= 4 is 0 Å². The van der Waals surface area contributed by atoms with Crippen LogP contribution in [-0.2, 0) is 0 Å². The molecule has 1 nitrogen and oxygen atoms in total. The highest BCUT2D eigenvalue weighted by atomic mass is 15.0. The molecule has 1 saturated carbocycles. The van der Waals surface area contributed by atoms with Gasteiger partial charge < -0.3 is 5.32 Å². The summed E-state index contributed by atoms with van der Waals surface area (Å²) in [7, 11) is 0. The Morgan fingerprint density at radius 2 is 1.46 bits per heavy atom. The summed E-state index contributed by atoms with van der Waals surface area (Å²) >= 11 is 0. The van der Waals surface area contributed by atoms with Gasteiger partial charge in [0.15, 0.2) is 0 Å². The maximum atomic E-state index is 3.79. The number of rotatable bonds is 3. The molecule has 1 aliphatic carbocycles. The normalized spacial score (nSPS) is 22.6. The quantitative estimate of drug-likeness (QED) is 0.707. The summed E-state index contributed by atoms with van der Waals surface area (Å²) < 4.78 is 0. The van der Waals surface area contributed by atoms with Crippen LogP contribution < -0.4 is 5.32 Å². The SMILES string of the molecule is CC(C)NC1(C(C)C)CCCCC1. The zero-order chi connectivity index (χ0) is 9.90. The van der Waals surface area contributed by atoms with Gasteiger partial charge in [-0.25, -0.2) is 0 Å². The van der Waals surface area contributed by atoms with Crippen LogP contribution in [0.15, 0.2) is 0 Å². The van der Waals surface area contributed by atoms with Gasteiger partial charge in [0.2, 0.25) is 0 Å². The third-order valence-electron chi connectivity index (χ3n) is 3.43. The van der Waals surface area contributed by atoms with Crippen molar-refractivity contribution in [1.82, 2.24) is 5.32 Å². The van der Waals surface area contributed by atoms with Gasteiger partial charge in [0.1, 0.15) is 0 Å². The Labute approximate surface area is 83.3 Å². The number of nitrogens with one attached hydrogen (secondary N) is 1. The second-order valence-electron chi connectivity index (χ2n) is 5.17. The van der Waals surface area contributed by atoms with E-state index < -0.39 is 0 Å². The van der Waals surface area contributed by atoms with Gasteiger partial charge >= 0.3 is 0 Å². The van der Waals surface area contributed by atoms with E-state index in [9.17, 15) is 0 Å². The van der Waals surface area contributed by atoms with Crippen LogP contribution in [0.2, 0.25) is 0 Å². The molecule has 0 aromatic rings. The van der Waals surface area contributed by atoms with E-state index in [4.69, 9.17) is 0 Å². The first-order valence-electron chi connectivity index (χ1n) is 5.84. The molecule has 78 valence electrons. The van der Waals surface area contributed by atoms with E-state index in [1.807, 2.05) is 0 Å². The molecule has 0 bridgehead atoms. The Kier molecular flexibility index (Phi) is 3.78. The summed E-state index contributed by atoms with van der Waals surface area (Å²) in [5.41, 5.74) is 0.451. The minimum Gasteiger partial charge on any atom is -0.309 e. The Balaban J connectivity index is 2.61. The molecule has 0 aliphatic heterocycles. The van der Waals surface area contributed by atoms with Crippen molar-refractivity contribution in [2.75, 3.05) is 0 Å². The zero-order valence-electron chi connectivity index (χ0n) is 9.69. The fraction of sp³-hybridized carbons (Fsp3) is 1.00. The van der Waals surface area contributed by atoms with Crippen LogP contribution in [0.25, 0.3) is 0 Å². The first-order valence-corrected chi connectivity index (χ1v) is 5.84. The monoisotopic (exact) mass is 183 g/mol. The molecule has 1 aliphatic rings. The fourth-order valence-corrected chi connectivity index (χ4v) is 2.65. The van der Waals surface area contributed by atoms with Crippen molar-refractivity contribution in [3.05, 3.63) is 0 Å². The fourth-order valence-electron chi connectivity index (χ4n) is 2.65. The number of hydrogen-bond acceptors (Lipinski definition) is 1. The van der Waals surface area contributed by atoms with Crippen LogP contribution in [0.3, 0.4) is 0 Å². The first kappa shape index (κ1) is 11.0. The minimum absolute atomic E-state index is 0.451. The predicted octanol–water partition coefficient (Wildman–Crippen LogP) is 3.34. The highest BCUT2D eigenvalue weighted by Gasteiger charge is 2.34. The molecule has 1 fully saturated rings. The van der Waals surface area contributed by atoms with Crippen LogP contribution in [0, 0.1) is 5.92 Å². The molecule has 1 N–H and O–H groups in total. The lowest BCUT2D eigenvalue weighted by atomic mass is 9.74. The van der Waals surface area contributed by atoms with E-state index in [-0.39, 0.29) is 0 Å². The topological polar surface area (TPSA) is 12.0 Å². The lowest BCUT2D eigenvalue weighted by molar-refractivity contribution is 0.153. The largest absolute Gasteiger partial charge is 0.309 e. The molecule has 0 aromatic heterocycles. The molecule has 0 radical (unpaired) electrons. The highest BCUT2D eigenvalue weighted by Crippen LogP contribution is 2.34. The molecule has 1 heteroatoms. The lowest BCUT2D eigenvalue weighted by Crippen LogP contribution is -2.53. The second-order valence-corrected chi connectivity index (χ2v) is 5.17. The summed E-state index contributed by atoms with van der Waals surface area (Å²) in [6.45, 7) is 9.25. The zero-order valence-corrected chi connectivity index (χ0v) is 9.69. The highest BCUT2D eigenvalue weighted by molar-refractivity contribution is 4.94. The van der Waals surface area contributed by atoms with Gasteiger partial charge in [-0.15, -0.1) is 0 Å². The molecular weight excluding hydrogens is 158 g/mol. The van der Waals surface area contributed by atoms with E-state index >= 15 is 0 Å². The molecule has 1 rings (SSSR count). The summed E-state index contributed by atoms with van der Waals surface area (Å²) in [5.74, 6) is 0.773. The summed E-state index contributed by atoms with van der Waals surface area (Å²) in [4.78, 5) is 0. The molecule has 0 heterocycles. The third-order valence-corrected chi connectivity index (χ3v) is 3.43. The van der Waals surface area contributed by atoms with E-state index in [1.165, 1.54) is 32.1 Å². The van der Waals surface area contributed by atoms with Crippen molar-refractivity contribution in [1.29, 1.82) is 0 Å². The average Bonchev–Trinajstić information content (AvgIpc) is 2.04. The lowest BCUT2D eigenvalue weighted by Gasteiger charge is -2.43. The van der Waals surface area contributed by atoms with E-state index in [0.717, 1.165) is 5.92 Å². The van der Waals surface area contributed by atoms with Crippen molar-refractivity contribution in [3.8, 4) is 0 Å². The molecule has 0 aromatic carbocycles. The Morgan fingerprint density at radius 3 is 1.85 bits per heavy atom. The first-order chi connectivity index (χ1) is 6.07. The predicted molar refractivity (Wildman–Crippen MR) is 58.9 cm³/mol. The molecule has 0 amide bonds. The van der Waals surface area contributed by atoms with Gasteiger partial charge in [0.25, 0.3) is 0 Å². The van der Waals surface area contributed by atoms with Crippen LogP contribution in [0.5, 0.6) is 0 Å². The van der Waals surface area contributed by atoms with Gasteiger partial charge in [-0.1, -0.05) is 47.0 Å². The van der Waals surface area contributed by atoms with E-state index in [1.54, 1.807) is 0 Å². The third kappa shape index (κ3) is 2.70. The van der Waals surface area contributed by atoms with Crippen molar-refractivity contribution in [2.24, 2.45) is 5.92 Å². The van der Waals surface area contributed by atoms with Crippen molar-refractivity contribution in [3.63, 3.8) is 0 Å². The average molecular weight is 183 g/mol. The van der Waals surface area contributed by atoms with Gasteiger partial charge in [0, 0.05) is 11.6 Å². The Bertz CT molecular complexity index is 143. The minimum atomic E-state index is 0.451. The molecule has 0 unspecified atom stereocenters. The van der Waals surface area contributed by atoms with Crippen LogP contribution >= 0.6 is 0 Å². The van der Waals surface area contributed by atoms with Gasteiger partial charge in [0.05, 0.1) is 0 Å². The summed E-state index contributed by atoms with van der Waals surface area (Å²) in [6.07, 6.45) is 7.02. The summed E-state index contributed by atoms with van der Waals surface area (Å²) in [5, 5.41) is 3.79. The molecule has 0 spiro atoms.